The van der Waals surface area contributed by atoms with Gasteiger partial charge in [-0.1, -0.05) is 29.8 Å². The second-order valence-corrected chi connectivity index (χ2v) is 7.68. The number of methoxy groups -OCH3 is 1. The molecule has 1 aliphatic carbocycles. The molecule has 5 atom stereocenters. The fourth-order valence-electron chi connectivity index (χ4n) is 5.78. The summed E-state index contributed by atoms with van der Waals surface area (Å²) >= 11 is 0. The molecule has 7 rings (SSSR count). The van der Waals surface area contributed by atoms with Crippen LogP contribution < -0.4 is 0 Å². The summed E-state index contributed by atoms with van der Waals surface area (Å²) in [6.45, 7) is 4.05. The number of aryl methyl sites for hydroxylation is 1. The van der Waals surface area contributed by atoms with Gasteiger partial charge in [0, 0.05) is 42.7 Å². The first-order valence-electron chi connectivity index (χ1n) is 9.19. The molecule has 3 fully saturated rings. The second kappa shape index (κ2) is 5.21. The second-order valence-electron chi connectivity index (χ2n) is 7.68. The number of fused-ring (bicyclic) bond motifs is 2. The molecular formula is C21H24N2O2. The van der Waals surface area contributed by atoms with E-state index in [9.17, 15) is 4.79 Å². The van der Waals surface area contributed by atoms with Gasteiger partial charge in [-0.05, 0) is 30.9 Å². The average Bonchev–Trinajstić information content (AvgIpc) is 2.77. The number of carbonyl (C=O) groups excluding carboxylic acids is 1. The molecule has 5 aliphatic rings. The Balaban J connectivity index is 1.81. The van der Waals surface area contributed by atoms with Crippen LogP contribution in [0.25, 0.3) is 10.9 Å². The van der Waals surface area contributed by atoms with Crippen LogP contribution in [0.5, 0.6) is 0 Å². The van der Waals surface area contributed by atoms with Gasteiger partial charge in [-0.25, -0.2) is 0 Å². The molecule has 0 saturated carbocycles. The molecule has 0 radical (unpaired) electrons. The van der Waals surface area contributed by atoms with Crippen molar-refractivity contribution in [2.24, 2.45) is 18.9 Å². The van der Waals surface area contributed by atoms with E-state index >= 15 is 0 Å². The van der Waals surface area contributed by atoms with Crippen LogP contribution in [0.4, 0.5) is 0 Å². The zero-order chi connectivity index (χ0) is 17.3. The fraction of sp³-hybridized carbons (Fsp3) is 0.476. The highest BCUT2D eigenvalue weighted by molar-refractivity contribution is 5.88. The van der Waals surface area contributed by atoms with Gasteiger partial charge in [0.15, 0.2) is 0 Å². The minimum Gasteiger partial charge on any atom is -0.469 e. The molecule has 1 aromatic carbocycles. The third-order valence-corrected chi connectivity index (χ3v) is 6.80. The monoisotopic (exact) mass is 336 g/mol. The molecule has 0 spiro atoms. The number of aromatic nitrogens is 1. The number of para-hydroxylation sites is 1. The Morgan fingerprint density at radius 1 is 1.28 bits per heavy atom. The van der Waals surface area contributed by atoms with E-state index in [4.69, 9.17) is 4.74 Å². The summed E-state index contributed by atoms with van der Waals surface area (Å²) in [7, 11) is 3.71. The number of esters is 1. The summed E-state index contributed by atoms with van der Waals surface area (Å²) in [4.78, 5) is 15.4. The third kappa shape index (κ3) is 1.83. The molecule has 1 aromatic heterocycles. The van der Waals surface area contributed by atoms with E-state index in [0.29, 0.717) is 12.0 Å². The van der Waals surface area contributed by atoms with Crippen LogP contribution in [-0.4, -0.2) is 35.6 Å². The van der Waals surface area contributed by atoms with Crippen molar-refractivity contribution in [3.05, 3.63) is 47.2 Å². The predicted molar refractivity (Wildman–Crippen MR) is 97.3 cm³/mol. The average molecular weight is 336 g/mol. The first kappa shape index (κ1) is 15.2. The number of hydrogen-bond donors (Lipinski definition) is 0. The van der Waals surface area contributed by atoms with E-state index in [1.807, 2.05) is 0 Å². The Morgan fingerprint density at radius 3 is 2.84 bits per heavy atom. The highest BCUT2D eigenvalue weighted by Crippen LogP contribution is 2.57. The largest absolute Gasteiger partial charge is 0.469 e. The normalized spacial score (nSPS) is 34.4. The lowest BCUT2D eigenvalue weighted by Crippen LogP contribution is -2.40. The van der Waals surface area contributed by atoms with Crippen LogP contribution in [0.3, 0.4) is 0 Å². The smallest absolute Gasteiger partial charge is 0.309 e. The Bertz CT molecular complexity index is 910. The van der Waals surface area contributed by atoms with E-state index in [2.05, 4.69) is 53.8 Å². The number of piperidine rings is 1. The highest BCUT2D eigenvalue weighted by Gasteiger charge is 2.54. The SMILES string of the molecule is CC=C1CN2CC3c4c(n(C)c5ccccc45)C2CC1C3C(=O)OC. The van der Waals surface area contributed by atoms with Crippen LogP contribution >= 0.6 is 0 Å². The van der Waals surface area contributed by atoms with Gasteiger partial charge < -0.3 is 9.30 Å². The molecule has 3 saturated heterocycles. The van der Waals surface area contributed by atoms with Gasteiger partial charge in [0.05, 0.1) is 19.1 Å². The lowest BCUT2D eigenvalue weighted by atomic mass is 9.76. The highest BCUT2D eigenvalue weighted by atomic mass is 16.5. The van der Waals surface area contributed by atoms with Gasteiger partial charge in [0.25, 0.3) is 0 Å². The van der Waals surface area contributed by atoms with Crippen molar-refractivity contribution in [2.45, 2.75) is 25.3 Å². The van der Waals surface area contributed by atoms with E-state index in [1.165, 1.54) is 34.8 Å². The van der Waals surface area contributed by atoms with Crippen molar-refractivity contribution < 1.29 is 9.53 Å². The van der Waals surface area contributed by atoms with Crippen LogP contribution in [0.15, 0.2) is 35.9 Å². The van der Waals surface area contributed by atoms with Crippen molar-refractivity contribution in [3.63, 3.8) is 0 Å². The van der Waals surface area contributed by atoms with Crippen molar-refractivity contribution in [2.75, 3.05) is 20.2 Å². The molecule has 4 bridgehead atoms. The van der Waals surface area contributed by atoms with E-state index in [-0.39, 0.29) is 17.8 Å². The summed E-state index contributed by atoms with van der Waals surface area (Å²) in [6, 6.07) is 9.04. The Hall–Kier alpha value is -2.07. The van der Waals surface area contributed by atoms with Gasteiger partial charge >= 0.3 is 5.97 Å². The quantitative estimate of drug-likeness (QED) is 0.591. The molecule has 130 valence electrons. The van der Waals surface area contributed by atoms with Crippen molar-refractivity contribution in [1.29, 1.82) is 0 Å². The number of rotatable bonds is 1. The zero-order valence-electron chi connectivity index (χ0n) is 15.0. The van der Waals surface area contributed by atoms with Crippen LogP contribution in [0.2, 0.25) is 0 Å². The van der Waals surface area contributed by atoms with Crippen molar-refractivity contribution in [3.8, 4) is 0 Å². The molecule has 5 heterocycles. The molecule has 4 nitrogen and oxygen atoms in total. The molecule has 25 heavy (non-hydrogen) atoms. The number of nitrogens with zero attached hydrogens (tertiary/aromatic N) is 2. The molecule has 0 amide bonds. The lowest BCUT2D eigenvalue weighted by Gasteiger charge is -2.40. The van der Waals surface area contributed by atoms with Crippen LogP contribution in [0, 0.1) is 11.8 Å². The van der Waals surface area contributed by atoms with E-state index < -0.39 is 0 Å². The third-order valence-electron chi connectivity index (χ3n) is 6.80. The number of hydrogen-bond acceptors (Lipinski definition) is 3. The topological polar surface area (TPSA) is 34.5 Å². The summed E-state index contributed by atoms with van der Waals surface area (Å²) in [5.74, 6) is 0.406. The Labute approximate surface area is 148 Å². The zero-order valence-corrected chi connectivity index (χ0v) is 15.0. The molecule has 0 N–H and O–H groups in total. The van der Waals surface area contributed by atoms with Crippen LogP contribution in [-0.2, 0) is 16.6 Å². The standard InChI is InChI=1S/C21H24N2O2/c1-4-12-10-23-11-15-18-13-7-5-6-8-16(13)22(2)20(18)17(23)9-14(12)19(15)21(24)25-3/h4-8,14-15,17,19H,9-11H2,1-3H3. The predicted octanol–water partition coefficient (Wildman–Crippen LogP) is 3.39. The first-order valence-corrected chi connectivity index (χ1v) is 9.19. The lowest BCUT2D eigenvalue weighted by molar-refractivity contribution is -0.147. The minimum absolute atomic E-state index is 0.0439. The Kier molecular flexibility index (Phi) is 3.17. The maximum atomic E-state index is 12.8. The number of allylic oxidation sites excluding steroid dienone is 1. The van der Waals surface area contributed by atoms with Crippen LogP contribution in [0.1, 0.15) is 36.6 Å². The molecule has 4 aliphatic heterocycles. The maximum absolute atomic E-state index is 12.8. The molecule has 2 aromatic rings. The number of ether oxygens (including phenoxy) is 1. The molecule has 4 heteroatoms. The Morgan fingerprint density at radius 2 is 2.08 bits per heavy atom. The van der Waals surface area contributed by atoms with E-state index in [0.717, 1.165) is 19.5 Å². The summed E-state index contributed by atoms with van der Waals surface area (Å²) in [5, 5.41) is 1.31. The van der Waals surface area contributed by atoms with Crippen molar-refractivity contribution in [1.82, 2.24) is 9.47 Å². The summed E-state index contributed by atoms with van der Waals surface area (Å²) in [6.07, 6.45) is 3.24. The van der Waals surface area contributed by atoms with Gasteiger partial charge in [-0.15, -0.1) is 0 Å². The van der Waals surface area contributed by atoms with Gasteiger partial charge in [0.2, 0.25) is 0 Å². The minimum atomic E-state index is -0.0711. The fourth-order valence-corrected chi connectivity index (χ4v) is 5.78. The summed E-state index contributed by atoms with van der Waals surface area (Å²) < 4.78 is 7.65. The first-order chi connectivity index (χ1) is 12.2. The molecular weight excluding hydrogens is 312 g/mol. The number of carbonyl (C=O) groups is 1. The van der Waals surface area contributed by atoms with E-state index in [1.54, 1.807) is 0 Å². The van der Waals surface area contributed by atoms with Crippen molar-refractivity contribution >= 4 is 16.9 Å². The number of benzene rings is 1. The van der Waals surface area contributed by atoms with Gasteiger partial charge in [-0.2, -0.15) is 0 Å². The van der Waals surface area contributed by atoms with Gasteiger partial charge in [-0.3, -0.25) is 9.69 Å². The summed E-state index contributed by atoms with van der Waals surface area (Å²) in [5.41, 5.74) is 5.50. The van der Waals surface area contributed by atoms with Gasteiger partial charge in [0.1, 0.15) is 0 Å². The molecule has 5 unspecified atom stereocenters. The maximum Gasteiger partial charge on any atom is 0.309 e.